The Morgan fingerprint density at radius 3 is 2.13 bits per heavy atom. The number of hydrogen-bond donors (Lipinski definition) is 1. The molecule has 166 valence electrons. The second kappa shape index (κ2) is 10.1. The molecule has 2 aromatic rings. The first-order valence-corrected chi connectivity index (χ1v) is 12.3. The molecule has 0 bridgehead atoms. The summed E-state index contributed by atoms with van der Waals surface area (Å²) in [6, 6.07) is 14.5. The lowest BCUT2D eigenvalue weighted by Gasteiger charge is -2.26. The second-order valence-corrected chi connectivity index (χ2v) is 9.88. The van der Waals surface area contributed by atoms with E-state index in [0.717, 1.165) is 36.2 Å². The molecule has 1 aliphatic rings. The summed E-state index contributed by atoms with van der Waals surface area (Å²) in [5, 5.41) is 2.81. The average molecular weight is 444 g/mol. The minimum absolute atomic E-state index is 0.120. The fourth-order valence-corrected chi connectivity index (χ4v) is 4.38. The third kappa shape index (κ3) is 5.71. The Morgan fingerprint density at radius 1 is 0.935 bits per heavy atom. The zero-order valence-electron chi connectivity index (χ0n) is 18.0. The first kappa shape index (κ1) is 23.0. The van der Waals surface area contributed by atoms with E-state index in [2.05, 4.69) is 5.32 Å². The molecule has 0 radical (unpaired) electrons. The first-order chi connectivity index (χ1) is 14.8. The van der Waals surface area contributed by atoms with Crippen molar-refractivity contribution in [3.8, 4) is 0 Å². The van der Waals surface area contributed by atoms with Gasteiger partial charge in [0.1, 0.15) is 6.04 Å². The number of sulfonamides is 1. The number of carbonyl (C=O) groups excluding carboxylic acids is 2. The van der Waals surface area contributed by atoms with Gasteiger partial charge in [0.25, 0.3) is 5.91 Å². The van der Waals surface area contributed by atoms with Crippen molar-refractivity contribution >= 4 is 27.5 Å². The summed E-state index contributed by atoms with van der Waals surface area (Å²) in [6.07, 6.45) is 5.22. The number of anilines is 1. The summed E-state index contributed by atoms with van der Waals surface area (Å²) in [7, 11) is -2.26. The van der Waals surface area contributed by atoms with Crippen molar-refractivity contribution in [1.82, 2.24) is 9.21 Å². The van der Waals surface area contributed by atoms with Gasteiger partial charge in [0, 0.05) is 20.1 Å². The number of benzene rings is 2. The smallest absolute Gasteiger partial charge is 0.255 e. The normalized spacial score (nSPS) is 15.9. The number of carbonyl (C=O) groups is 2. The number of hydrogen-bond acceptors (Lipinski definition) is 4. The van der Waals surface area contributed by atoms with Crippen molar-refractivity contribution in [3.05, 3.63) is 65.7 Å². The van der Waals surface area contributed by atoms with Gasteiger partial charge in [0.2, 0.25) is 15.9 Å². The molecule has 1 saturated heterocycles. The lowest BCUT2D eigenvalue weighted by molar-refractivity contribution is -0.119. The summed E-state index contributed by atoms with van der Waals surface area (Å²) < 4.78 is 25.4. The van der Waals surface area contributed by atoms with Crippen LogP contribution in [0.3, 0.4) is 0 Å². The van der Waals surface area contributed by atoms with Crippen LogP contribution in [0.1, 0.15) is 47.6 Å². The number of likely N-dealkylation sites (tertiary alicyclic amines) is 1. The lowest BCUT2D eigenvalue weighted by Crippen LogP contribution is -2.38. The van der Waals surface area contributed by atoms with E-state index in [1.165, 1.54) is 7.05 Å². The maximum Gasteiger partial charge on any atom is 0.255 e. The van der Waals surface area contributed by atoms with Crippen molar-refractivity contribution in [2.45, 2.75) is 31.7 Å². The van der Waals surface area contributed by atoms with Gasteiger partial charge in [-0.3, -0.25) is 9.59 Å². The Labute approximate surface area is 184 Å². The van der Waals surface area contributed by atoms with Crippen molar-refractivity contribution in [3.63, 3.8) is 0 Å². The second-order valence-electron chi connectivity index (χ2n) is 7.83. The summed E-state index contributed by atoms with van der Waals surface area (Å²) in [5.74, 6) is -0.638. The predicted octanol–water partition coefficient (Wildman–Crippen LogP) is 3.27. The number of rotatable bonds is 6. The highest BCUT2D eigenvalue weighted by atomic mass is 32.2. The number of para-hydroxylation sites is 1. The van der Waals surface area contributed by atoms with E-state index in [0.29, 0.717) is 29.9 Å². The van der Waals surface area contributed by atoms with Gasteiger partial charge >= 0.3 is 0 Å². The van der Waals surface area contributed by atoms with Gasteiger partial charge in [-0.15, -0.1) is 0 Å². The number of amides is 2. The Kier molecular flexibility index (Phi) is 7.46. The Morgan fingerprint density at radius 2 is 1.52 bits per heavy atom. The monoisotopic (exact) mass is 443 g/mol. The number of likely N-dealkylation sites (N-methyl/N-ethyl adjacent to an activating group) is 1. The fourth-order valence-electron chi connectivity index (χ4n) is 3.78. The zero-order valence-corrected chi connectivity index (χ0v) is 18.8. The molecule has 1 fully saturated rings. The van der Waals surface area contributed by atoms with E-state index in [-0.39, 0.29) is 5.91 Å². The maximum atomic E-state index is 13.3. The van der Waals surface area contributed by atoms with Gasteiger partial charge in [0.15, 0.2) is 0 Å². The van der Waals surface area contributed by atoms with Crippen LogP contribution in [0.5, 0.6) is 0 Å². The summed E-state index contributed by atoms with van der Waals surface area (Å²) in [6.45, 7) is 1.40. The van der Waals surface area contributed by atoms with Crippen LogP contribution >= 0.6 is 0 Å². The van der Waals surface area contributed by atoms with Gasteiger partial charge in [-0.25, -0.2) is 8.42 Å². The Balaban J connectivity index is 1.90. The third-order valence-corrected chi connectivity index (χ3v) is 6.82. The maximum absolute atomic E-state index is 13.3. The molecule has 0 saturated carbocycles. The highest BCUT2D eigenvalue weighted by Gasteiger charge is 2.31. The van der Waals surface area contributed by atoms with Gasteiger partial charge < -0.3 is 10.2 Å². The van der Waals surface area contributed by atoms with Crippen molar-refractivity contribution in [2.75, 3.05) is 31.7 Å². The van der Waals surface area contributed by atoms with Crippen LogP contribution in [-0.2, 0) is 14.8 Å². The van der Waals surface area contributed by atoms with Gasteiger partial charge in [0.05, 0.1) is 17.5 Å². The molecule has 0 unspecified atom stereocenters. The largest absolute Gasteiger partial charge is 0.339 e. The van der Waals surface area contributed by atoms with Crippen molar-refractivity contribution in [2.24, 2.45) is 0 Å². The van der Waals surface area contributed by atoms with E-state index < -0.39 is 22.0 Å². The van der Waals surface area contributed by atoms with Crippen LogP contribution < -0.4 is 5.32 Å². The fraction of sp³-hybridized carbons (Fsp3) is 0.391. The van der Waals surface area contributed by atoms with Crippen molar-refractivity contribution < 1.29 is 18.0 Å². The molecular weight excluding hydrogens is 414 g/mol. The quantitative estimate of drug-likeness (QED) is 0.742. The standard InChI is InChI=1S/C23H29N3O4S/c1-25(31(2,29)30)21(18-12-6-5-7-13-18)22(27)24-20-15-9-8-14-19(20)23(28)26-16-10-3-4-11-17-26/h5-9,12-15,21H,3-4,10-11,16-17H2,1-2H3,(H,24,27)/t21-/m1/s1. The van der Waals surface area contributed by atoms with Crippen LogP contribution in [0.25, 0.3) is 0 Å². The van der Waals surface area contributed by atoms with Crippen LogP contribution in [0.2, 0.25) is 0 Å². The first-order valence-electron chi connectivity index (χ1n) is 10.5. The molecule has 0 aliphatic carbocycles. The number of nitrogens with one attached hydrogen (secondary N) is 1. The molecule has 2 amide bonds. The molecule has 1 N–H and O–H groups in total. The van der Waals surface area contributed by atoms with Crippen LogP contribution in [-0.4, -0.2) is 55.8 Å². The molecule has 2 aromatic carbocycles. The SMILES string of the molecule is CN([C@@H](C(=O)Nc1ccccc1C(=O)N1CCCCCC1)c1ccccc1)S(C)(=O)=O. The molecule has 0 spiro atoms. The molecule has 1 heterocycles. The van der Waals surface area contributed by atoms with E-state index in [1.54, 1.807) is 54.6 Å². The van der Waals surface area contributed by atoms with Crippen molar-refractivity contribution in [1.29, 1.82) is 0 Å². The minimum Gasteiger partial charge on any atom is -0.339 e. The highest BCUT2D eigenvalue weighted by Crippen LogP contribution is 2.26. The molecule has 3 rings (SSSR count). The van der Waals surface area contributed by atoms with Crippen LogP contribution in [0, 0.1) is 0 Å². The van der Waals surface area contributed by atoms with E-state index in [4.69, 9.17) is 0 Å². The van der Waals surface area contributed by atoms with Gasteiger partial charge in [-0.05, 0) is 30.5 Å². The summed E-state index contributed by atoms with van der Waals surface area (Å²) in [5.41, 5.74) is 1.33. The van der Waals surface area contributed by atoms with E-state index in [9.17, 15) is 18.0 Å². The third-order valence-electron chi connectivity index (χ3n) is 5.56. The van der Waals surface area contributed by atoms with Gasteiger partial charge in [-0.1, -0.05) is 55.3 Å². The van der Waals surface area contributed by atoms with E-state index >= 15 is 0 Å². The predicted molar refractivity (Wildman–Crippen MR) is 121 cm³/mol. The molecule has 31 heavy (non-hydrogen) atoms. The summed E-state index contributed by atoms with van der Waals surface area (Å²) in [4.78, 5) is 28.2. The minimum atomic E-state index is -3.64. The Hall–Kier alpha value is -2.71. The molecule has 1 atom stereocenters. The topological polar surface area (TPSA) is 86.8 Å². The zero-order chi connectivity index (χ0) is 22.4. The summed E-state index contributed by atoms with van der Waals surface area (Å²) >= 11 is 0. The Bertz CT molecular complexity index is 1020. The average Bonchev–Trinajstić information content (AvgIpc) is 3.03. The molecule has 1 aliphatic heterocycles. The lowest BCUT2D eigenvalue weighted by atomic mass is 10.1. The molecule has 7 nitrogen and oxygen atoms in total. The molecule has 0 aromatic heterocycles. The molecule has 8 heteroatoms. The molecular formula is C23H29N3O4S. The van der Waals surface area contributed by atoms with E-state index in [1.807, 2.05) is 4.90 Å². The van der Waals surface area contributed by atoms with Crippen LogP contribution in [0.15, 0.2) is 54.6 Å². The van der Waals surface area contributed by atoms with Crippen LogP contribution in [0.4, 0.5) is 5.69 Å². The number of nitrogens with zero attached hydrogens (tertiary/aromatic N) is 2. The van der Waals surface area contributed by atoms with Gasteiger partial charge in [-0.2, -0.15) is 4.31 Å². The highest BCUT2D eigenvalue weighted by molar-refractivity contribution is 7.88.